The SMILES string of the molecule is C=CCCO[Si](C)(CC=C)OC. The van der Waals surface area contributed by atoms with Gasteiger partial charge in [0.25, 0.3) is 0 Å². The van der Waals surface area contributed by atoms with Crippen molar-refractivity contribution in [3.63, 3.8) is 0 Å². The van der Waals surface area contributed by atoms with Crippen molar-refractivity contribution >= 4 is 8.56 Å². The van der Waals surface area contributed by atoms with E-state index in [1.54, 1.807) is 7.11 Å². The van der Waals surface area contributed by atoms with Crippen molar-refractivity contribution in [2.24, 2.45) is 0 Å². The van der Waals surface area contributed by atoms with Crippen molar-refractivity contribution in [1.82, 2.24) is 0 Å². The maximum absolute atomic E-state index is 5.63. The Balaban J connectivity index is 3.77. The maximum atomic E-state index is 5.63. The van der Waals surface area contributed by atoms with E-state index >= 15 is 0 Å². The van der Waals surface area contributed by atoms with Gasteiger partial charge in [-0.2, -0.15) is 0 Å². The van der Waals surface area contributed by atoms with Gasteiger partial charge in [0.1, 0.15) is 0 Å². The fourth-order valence-corrected chi connectivity index (χ4v) is 2.30. The van der Waals surface area contributed by atoms with E-state index in [1.165, 1.54) is 0 Å². The topological polar surface area (TPSA) is 18.5 Å². The molecule has 0 rings (SSSR count). The Morgan fingerprint density at radius 3 is 2.42 bits per heavy atom. The van der Waals surface area contributed by atoms with E-state index in [2.05, 4.69) is 13.2 Å². The molecule has 12 heavy (non-hydrogen) atoms. The highest BCUT2D eigenvalue weighted by Crippen LogP contribution is 2.12. The molecule has 0 fully saturated rings. The van der Waals surface area contributed by atoms with Gasteiger partial charge in [-0.15, -0.1) is 13.2 Å². The summed E-state index contributed by atoms with van der Waals surface area (Å²) in [5, 5.41) is 0. The van der Waals surface area contributed by atoms with Crippen LogP contribution < -0.4 is 0 Å². The van der Waals surface area contributed by atoms with Gasteiger partial charge < -0.3 is 8.85 Å². The van der Waals surface area contributed by atoms with Crippen LogP contribution in [0.2, 0.25) is 12.6 Å². The smallest absolute Gasteiger partial charge is 0.338 e. The summed E-state index contributed by atoms with van der Waals surface area (Å²) in [6.45, 7) is 10.0. The first kappa shape index (κ1) is 11.6. The van der Waals surface area contributed by atoms with Crippen LogP contribution >= 0.6 is 0 Å². The zero-order valence-electron chi connectivity index (χ0n) is 8.01. The Hall–Kier alpha value is -0.383. The second kappa shape index (κ2) is 6.17. The number of rotatable bonds is 7. The summed E-state index contributed by atoms with van der Waals surface area (Å²) < 4.78 is 11.0. The molecule has 0 amide bonds. The summed E-state index contributed by atoms with van der Waals surface area (Å²) in [6.07, 6.45) is 4.57. The van der Waals surface area contributed by atoms with E-state index in [0.717, 1.165) is 12.5 Å². The first-order valence-corrected chi connectivity index (χ1v) is 6.62. The number of hydrogen-bond acceptors (Lipinski definition) is 2. The van der Waals surface area contributed by atoms with Gasteiger partial charge in [0.15, 0.2) is 0 Å². The fourth-order valence-electron chi connectivity index (χ4n) is 0.822. The van der Waals surface area contributed by atoms with Crippen LogP contribution in [0.15, 0.2) is 25.3 Å². The molecule has 2 nitrogen and oxygen atoms in total. The molecule has 0 bridgehead atoms. The maximum Gasteiger partial charge on any atom is 0.338 e. The lowest BCUT2D eigenvalue weighted by Gasteiger charge is -2.23. The molecule has 3 heteroatoms. The molecule has 0 N–H and O–H groups in total. The van der Waals surface area contributed by atoms with E-state index in [4.69, 9.17) is 8.85 Å². The predicted molar refractivity (Wildman–Crippen MR) is 54.4 cm³/mol. The van der Waals surface area contributed by atoms with Crippen molar-refractivity contribution in [2.45, 2.75) is 19.0 Å². The standard InChI is InChI=1S/C9H18O2Si/c1-5-7-8-11-12(4,10-3)9-6-2/h5-6H,1-2,7-9H2,3-4H3. The second-order valence-electron chi connectivity index (χ2n) is 2.76. The van der Waals surface area contributed by atoms with Crippen LogP contribution in [0.25, 0.3) is 0 Å². The lowest BCUT2D eigenvalue weighted by Crippen LogP contribution is -2.36. The Morgan fingerprint density at radius 2 is 2.00 bits per heavy atom. The molecule has 0 aromatic carbocycles. The third-order valence-electron chi connectivity index (χ3n) is 1.68. The predicted octanol–water partition coefficient (Wildman–Crippen LogP) is 2.48. The molecule has 0 saturated heterocycles. The first-order chi connectivity index (χ1) is 5.68. The van der Waals surface area contributed by atoms with Gasteiger partial charge in [0.05, 0.1) is 0 Å². The van der Waals surface area contributed by atoms with E-state index in [-0.39, 0.29) is 0 Å². The van der Waals surface area contributed by atoms with Crippen molar-refractivity contribution in [3.8, 4) is 0 Å². The third-order valence-corrected chi connectivity index (χ3v) is 4.38. The summed E-state index contributed by atoms with van der Waals surface area (Å²) in [7, 11) is -0.228. The third kappa shape index (κ3) is 4.49. The first-order valence-electron chi connectivity index (χ1n) is 4.09. The van der Waals surface area contributed by atoms with Crippen molar-refractivity contribution in [3.05, 3.63) is 25.3 Å². The van der Waals surface area contributed by atoms with Gasteiger partial charge in [-0.3, -0.25) is 0 Å². The zero-order chi connectivity index (χ0) is 9.45. The highest BCUT2D eigenvalue weighted by atomic mass is 28.4. The molecular formula is C9H18O2Si. The van der Waals surface area contributed by atoms with Crippen molar-refractivity contribution in [2.75, 3.05) is 13.7 Å². The summed E-state index contributed by atoms with van der Waals surface area (Å²) in [5.74, 6) is 0. The van der Waals surface area contributed by atoms with Gasteiger partial charge in [0.2, 0.25) is 0 Å². The van der Waals surface area contributed by atoms with Gasteiger partial charge in [-0.05, 0) is 13.0 Å². The molecule has 0 aromatic heterocycles. The molecular weight excluding hydrogens is 168 g/mol. The minimum Gasteiger partial charge on any atom is -0.398 e. The highest BCUT2D eigenvalue weighted by molar-refractivity contribution is 6.66. The molecule has 0 heterocycles. The van der Waals surface area contributed by atoms with Crippen LogP contribution in [0.1, 0.15) is 6.42 Å². The van der Waals surface area contributed by atoms with E-state index in [9.17, 15) is 0 Å². The summed E-state index contributed by atoms with van der Waals surface area (Å²) in [5.41, 5.74) is 0. The molecule has 0 radical (unpaired) electrons. The lowest BCUT2D eigenvalue weighted by molar-refractivity contribution is 0.211. The van der Waals surface area contributed by atoms with Crippen LogP contribution in [0.4, 0.5) is 0 Å². The Kier molecular flexibility index (Phi) is 5.97. The largest absolute Gasteiger partial charge is 0.398 e. The Bertz CT molecular complexity index is 147. The normalized spacial score (nSPS) is 15.2. The quantitative estimate of drug-likeness (QED) is 0.345. The fraction of sp³-hybridized carbons (Fsp3) is 0.556. The zero-order valence-corrected chi connectivity index (χ0v) is 9.01. The van der Waals surface area contributed by atoms with Gasteiger partial charge in [0, 0.05) is 19.8 Å². The van der Waals surface area contributed by atoms with Crippen LogP contribution in [0.3, 0.4) is 0 Å². The highest BCUT2D eigenvalue weighted by Gasteiger charge is 2.27. The molecule has 1 unspecified atom stereocenters. The minimum atomic E-state index is -1.93. The van der Waals surface area contributed by atoms with Gasteiger partial charge in [-0.25, -0.2) is 0 Å². The van der Waals surface area contributed by atoms with Crippen LogP contribution in [-0.4, -0.2) is 22.3 Å². The molecule has 70 valence electrons. The van der Waals surface area contributed by atoms with Gasteiger partial charge >= 0.3 is 8.56 Å². The molecule has 0 aliphatic heterocycles. The van der Waals surface area contributed by atoms with E-state index < -0.39 is 8.56 Å². The van der Waals surface area contributed by atoms with E-state index in [0.29, 0.717) is 6.61 Å². The number of hydrogen-bond donors (Lipinski definition) is 0. The molecule has 1 atom stereocenters. The van der Waals surface area contributed by atoms with Crippen LogP contribution in [-0.2, 0) is 8.85 Å². The molecule has 0 aliphatic rings. The average Bonchev–Trinajstić information content (AvgIpc) is 2.06. The van der Waals surface area contributed by atoms with Crippen molar-refractivity contribution in [1.29, 1.82) is 0 Å². The van der Waals surface area contributed by atoms with Crippen molar-refractivity contribution < 1.29 is 8.85 Å². The van der Waals surface area contributed by atoms with Crippen LogP contribution in [0, 0.1) is 0 Å². The summed E-state index contributed by atoms with van der Waals surface area (Å²) in [4.78, 5) is 0. The summed E-state index contributed by atoms with van der Waals surface area (Å²) >= 11 is 0. The minimum absolute atomic E-state index is 0.702. The van der Waals surface area contributed by atoms with Gasteiger partial charge in [-0.1, -0.05) is 12.2 Å². The molecule has 0 spiro atoms. The van der Waals surface area contributed by atoms with Crippen LogP contribution in [0.5, 0.6) is 0 Å². The second-order valence-corrected chi connectivity index (χ2v) is 6.13. The molecule has 0 aliphatic carbocycles. The lowest BCUT2D eigenvalue weighted by atomic mass is 10.5. The Labute approximate surface area is 76.1 Å². The summed E-state index contributed by atoms with van der Waals surface area (Å²) in [6, 6.07) is 0.834. The Morgan fingerprint density at radius 1 is 1.33 bits per heavy atom. The average molecular weight is 186 g/mol. The number of allylic oxidation sites excluding steroid dienone is 1. The molecule has 0 aromatic rings. The van der Waals surface area contributed by atoms with E-state index in [1.807, 2.05) is 18.7 Å². The monoisotopic (exact) mass is 186 g/mol. The molecule has 0 saturated carbocycles.